The summed E-state index contributed by atoms with van der Waals surface area (Å²) in [6.07, 6.45) is 0.710. The van der Waals surface area contributed by atoms with Crippen LogP contribution in [-0.2, 0) is 6.42 Å². The van der Waals surface area contributed by atoms with Crippen molar-refractivity contribution in [3.05, 3.63) is 58.4 Å². The molecule has 0 saturated heterocycles. The van der Waals surface area contributed by atoms with Crippen LogP contribution in [0.1, 0.15) is 28.5 Å². The molecular formula is C16H14ClN3O. The van der Waals surface area contributed by atoms with Gasteiger partial charge in [-0.1, -0.05) is 18.5 Å². The number of carbonyl (C=O) groups is 1. The van der Waals surface area contributed by atoms with E-state index in [2.05, 4.69) is 4.98 Å². The SMILES string of the molecule is CCc1cc(C(=O)N(C)c2ccc(C#N)cc2)cc(Cl)n1. The molecule has 0 saturated carbocycles. The molecule has 0 aliphatic rings. The van der Waals surface area contributed by atoms with Crippen molar-refractivity contribution < 1.29 is 4.79 Å². The smallest absolute Gasteiger partial charge is 0.258 e. The third kappa shape index (κ3) is 3.39. The van der Waals surface area contributed by atoms with Crippen LogP contribution in [0.25, 0.3) is 0 Å². The van der Waals surface area contributed by atoms with Gasteiger partial charge in [-0.15, -0.1) is 0 Å². The van der Waals surface area contributed by atoms with Gasteiger partial charge in [0.05, 0.1) is 11.6 Å². The van der Waals surface area contributed by atoms with Crippen molar-refractivity contribution in [3.63, 3.8) is 0 Å². The summed E-state index contributed by atoms with van der Waals surface area (Å²) in [7, 11) is 1.68. The summed E-state index contributed by atoms with van der Waals surface area (Å²) in [5.41, 5.74) is 2.54. The molecule has 0 unspecified atom stereocenters. The van der Waals surface area contributed by atoms with E-state index in [9.17, 15) is 4.79 Å². The van der Waals surface area contributed by atoms with Gasteiger partial charge in [0.2, 0.25) is 0 Å². The number of benzene rings is 1. The van der Waals surface area contributed by atoms with Crippen molar-refractivity contribution in [2.45, 2.75) is 13.3 Å². The predicted octanol–water partition coefficient (Wildman–Crippen LogP) is 3.45. The highest BCUT2D eigenvalue weighted by Gasteiger charge is 2.15. The average Bonchev–Trinajstić information content (AvgIpc) is 2.52. The van der Waals surface area contributed by atoms with E-state index in [1.165, 1.54) is 4.90 Å². The molecule has 0 radical (unpaired) electrons. The van der Waals surface area contributed by atoms with Gasteiger partial charge in [0.1, 0.15) is 5.15 Å². The molecule has 1 heterocycles. The zero-order valence-electron chi connectivity index (χ0n) is 11.8. The lowest BCUT2D eigenvalue weighted by Crippen LogP contribution is -2.26. The van der Waals surface area contributed by atoms with Crippen LogP contribution in [0, 0.1) is 11.3 Å². The van der Waals surface area contributed by atoms with Crippen molar-refractivity contribution in [1.82, 2.24) is 4.98 Å². The Morgan fingerprint density at radius 3 is 2.57 bits per heavy atom. The zero-order valence-corrected chi connectivity index (χ0v) is 12.6. The highest BCUT2D eigenvalue weighted by atomic mass is 35.5. The van der Waals surface area contributed by atoms with Gasteiger partial charge in [0.25, 0.3) is 5.91 Å². The fourth-order valence-electron chi connectivity index (χ4n) is 1.93. The molecular weight excluding hydrogens is 286 g/mol. The number of rotatable bonds is 3. The predicted molar refractivity (Wildman–Crippen MR) is 82.5 cm³/mol. The van der Waals surface area contributed by atoms with E-state index in [1.54, 1.807) is 43.4 Å². The molecule has 0 N–H and O–H groups in total. The van der Waals surface area contributed by atoms with E-state index in [0.29, 0.717) is 28.4 Å². The summed E-state index contributed by atoms with van der Waals surface area (Å²) in [6, 6.07) is 12.2. The molecule has 1 aromatic heterocycles. The molecule has 0 fully saturated rings. The molecule has 0 aliphatic carbocycles. The molecule has 0 aliphatic heterocycles. The molecule has 21 heavy (non-hydrogen) atoms. The van der Waals surface area contributed by atoms with Crippen LogP contribution >= 0.6 is 11.6 Å². The third-order valence-electron chi connectivity index (χ3n) is 3.14. The monoisotopic (exact) mass is 299 g/mol. The second-order valence-electron chi connectivity index (χ2n) is 4.55. The Hall–Kier alpha value is -2.38. The number of hydrogen-bond donors (Lipinski definition) is 0. The summed E-state index contributed by atoms with van der Waals surface area (Å²) in [6.45, 7) is 1.96. The van der Waals surface area contributed by atoms with Gasteiger partial charge in [0.15, 0.2) is 0 Å². The number of pyridine rings is 1. The van der Waals surface area contributed by atoms with Gasteiger partial charge in [-0.3, -0.25) is 4.79 Å². The van der Waals surface area contributed by atoms with Gasteiger partial charge in [-0.2, -0.15) is 5.26 Å². The maximum absolute atomic E-state index is 12.5. The second-order valence-corrected chi connectivity index (χ2v) is 4.93. The third-order valence-corrected chi connectivity index (χ3v) is 3.34. The molecule has 0 atom stereocenters. The number of amides is 1. The van der Waals surface area contributed by atoms with Crippen LogP contribution in [-0.4, -0.2) is 17.9 Å². The Labute approximate surface area is 128 Å². The van der Waals surface area contributed by atoms with Gasteiger partial charge >= 0.3 is 0 Å². The minimum atomic E-state index is -0.168. The first-order valence-corrected chi connectivity index (χ1v) is 6.87. The van der Waals surface area contributed by atoms with Crippen molar-refractivity contribution in [2.24, 2.45) is 0 Å². The van der Waals surface area contributed by atoms with Crippen LogP contribution in [0.5, 0.6) is 0 Å². The Morgan fingerprint density at radius 1 is 1.33 bits per heavy atom. The van der Waals surface area contributed by atoms with E-state index in [0.717, 1.165) is 5.69 Å². The van der Waals surface area contributed by atoms with E-state index in [-0.39, 0.29) is 5.91 Å². The summed E-state index contributed by atoms with van der Waals surface area (Å²) < 4.78 is 0. The minimum absolute atomic E-state index is 0.168. The number of aromatic nitrogens is 1. The molecule has 4 nitrogen and oxygen atoms in total. The Balaban J connectivity index is 2.30. The molecule has 0 bridgehead atoms. The van der Waals surface area contributed by atoms with Crippen LogP contribution in [0.3, 0.4) is 0 Å². The standard InChI is InChI=1S/C16H14ClN3O/c1-3-13-8-12(9-15(17)19-13)16(21)20(2)14-6-4-11(10-18)5-7-14/h4-9H,3H2,1-2H3. The van der Waals surface area contributed by atoms with Crippen molar-refractivity contribution in [3.8, 4) is 6.07 Å². The number of carbonyl (C=O) groups excluding carboxylic acids is 1. The highest BCUT2D eigenvalue weighted by Crippen LogP contribution is 2.18. The molecule has 106 valence electrons. The van der Waals surface area contributed by atoms with Gasteiger partial charge < -0.3 is 4.90 Å². The fourth-order valence-corrected chi connectivity index (χ4v) is 2.15. The van der Waals surface area contributed by atoms with Gasteiger partial charge in [0, 0.05) is 24.0 Å². The van der Waals surface area contributed by atoms with E-state index in [4.69, 9.17) is 16.9 Å². The molecule has 1 amide bonds. The molecule has 2 aromatic rings. The first-order chi connectivity index (χ1) is 10.0. The van der Waals surface area contributed by atoms with Gasteiger partial charge in [-0.05, 0) is 42.8 Å². The Morgan fingerprint density at radius 2 is 2.00 bits per heavy atom. The first-order valence-electron chi connectivity index (χ1n) is 6.50. The van der Waals surface area contributed by atoms with E-state index < -0.39 is 0 Å². The average molecular weight is 300 g/mol. The summed E-state index contributed by atoms with van der Waals surface area (Å²) in [5.74, 6) is -0.168. The maximum atomic E-state index is 12.5. The van der Waals surface area contributed by atoms with Crippen LogP contribution in [0.15, 0.2) is 36.4 Å². The van der Waals surface area contributed by atoms with Crippen LogP contribution in [0.4, 0.5) is 5.69 Å². The van der Waals surface area contributed by atoms with Crippen molar-refractivity contribution in [2.75, 3.05) is 11.9 Å². The summed E-state index contributed by atoms with van der Waals surface area (Å²) in [5, 5.41) is 9.10. The first kappa shape index (κ1) is 15.0. The molecule has 0 spiro atoms. The zero-order chi connectivity index (χ0) is 15.4. The maximum Gasteiger partial charge on any atom is 0.258 e. The lowest BCUT2D eigenvalue weighted by atomic mass is 10.1. The van der Waals surface area contributed by atoms with E-state index in [1.807, 2.05) is 13.0 Å². The number of aryl methyl sites for hydroxylation is 1. The molecule has 2 rings (SSSR count). The fraction of sp³-hybridized carbons (Fsp3) is 0.188. The summed E-state index contributed by atoms with van der Waals surface area (Å²) in [4.78, 5) is 18.2. The van der Waals surface area contributed by atoms with Crippen LogP contribution in [0.2, 0.25) is 5.15 Å². The van der Waals surface area contributed by atoms with Crippen LogP contribution < -0.4 is 4.90 Å². The summed E-state index contributed by atoms with van der Waals surface area (Å²) >= 11 is 5.95. The molecule has 5 heteroatoms. The lowest BCUT2D eigenvalue weighted by Gasteiger charge is -2.18. The normalized spacial score (nSPS) is 10.0. The number of anilines is 1. The largest absolute Gasteiger partial charge is 0.311 e. The van der Waals surface area contributed by atoms with E-state index >= 15 is 0 Å². The Kier molecular flexibility index (Phi) is 4.56. The Bertz CT molecular complexity index is 704. The highest BCUT2D eigenvalue weighted by molar-refractivity contribution is 6.29. The van der Waals surface area contributed by atoms with Crippen molar-refractivity contribution >= 4 is 23.2 Å². The van der Waals surface area contributed by atoms with Crippen molar-refractivity contribution in [1.29, 1.82) is 5.26 Å². The number of nitriles is 1. The quantitative estimate of drug-likeness (QED) is 0.816. The van der Waals surface area contributed by atoms with Gasteiger partial charge in [-0.25, -0.2) is 4.98 Å². The number of hydrogen-bond acceptors (Lipinski definition) is 3. The minimum Gasteiger partial charge on any atom is -0.311 e. The second kappa shape index (κ2) is 6.38. The number of nitrogens with zero attached hydrogens (tertiary/aromatic N) is 3. The topological polar surface area (TPSA) is 57.0 Å². The number of halogens is 1. The molecule has 1 aromatic carbocycles. The lowest BCUT2D eigenvalue weighted by molar-refractivity contribution is 0.0993.